The van der Waals surface area contributed by atoms with Crippen LogP contribution in [-0.2, 0) is 0 Å². The first-order valence-corrected chi connectivity index (χ1v) is 6.48. The first-order chi connectivity index (χ1) is 9.00. The maximum absolute atomic E-state index is 13.5. The largest absolute Gasteiger partial charge is 0.328 e. The quantitative estimate of drug-likeness (QED) is 0.674. The molecular formula is C13H18FN3O2. The Kier molecular flexibility index (Phi) is 3.99. The molecule has 0 bridgehead atoms. The van der Waals surface area contributed by atoms with Crippen molar-refractivity contribution in [1.29, 1.82) is 0 Å². The topological polar surface area (TPSA) is 58.4 Å². The van der Waals surface area contributed by atoms with Crippen molar-refractivity contribution in [2.75, 3.05) is 5.43 Å². The van der Waals surface area contributed by atoms with Crippen molar-refractivity contribution in [3.63, 3.8) is 0 Å². The van der Waals surface area contributed by atoms with Gasteiger partial charge in [0.2, 0.25) is 5.82 Å². The van der Waals surface area contributed by atoms with Crippen LogP contribution >= 0.6 is 0 Å². The molecule has 1 aromatic carbocycles. The van der Waals surface area contributed by atoms with Crippen molar-refractivity contribution < 1.29 is 9.31 Å². The van der Waals surface area contributed by atoms with Gasteiger partial charge in [-0.1, -0.05) is 12.5 Å². The average molecular weight is 267 g/mol. The number of hydrazine groups is 1. The van der Waals surface area contributed by atoms with Gasteiger partial charge in [0, 0.05) is 12.1 Å². The van der Waals surface area contributed by atoms with Gasteiger partial charge in [0.1, 0.15) is 5.69 Å². The van der Waals surface area contributed by atoms with Crippen molar-refractivity contribution in [1.82, 2.24) is 5.01 Å². The molecule has 0 aliphatic carbocycles. The van der Waals surface area contributed by atoms with E-state index in [1.165, 1.54) is 12.1 Å². The van der Waals surface area contributed by atoms with Crippen LogP contribution in [0.2, 0.25) is 0 Å². The van der Waals surface area contributed by atoms with E-state index in [0.29, 0.717) is 0 Å². The van der Waals surface area contributed by atoms with Crippen LogP contribution in [0, 0.1) is 15.9 Å². The molecule has 19 heavy (non-hydrogen) atoms. The Bertz CT molecular complexity index is 471. The summed E-state index contributed by atoms with van der Waals surface area (Å²) in [6, 6.07) is 4.66. The normalized spacial score (nSPS) is 24.2. The van der Waals surface area contributed by atoms with Gasteiger partial charge in [-0.2, -0.15) is 4.39 Å². The maximum Gasteiger partial charge on any atom is 0.328 e. The molecule has 0 aromatic heterocycles. The predicted molar refractivity (Wildman–Crippen MR) is 71.3 cm³/mol. The minimum Gasteiger partial charge on any atom is -0.312 e. The number of nitrogens with one attached hydrogen (secondary N) is 1. The summed E-state index contributed by atoms with van der Waals surface area (Å²) < 4.78 is 13.5. The van der Waals surface area contributed by atoms with E-state index < -0.39 is 16.4 Å². The van der Waals surface area contributed by atoms with Gasteiger partial charge in [-0.15, -0.1) is 0 Å². The minimum atomic E-state index is -0.813. The SMILES string of the molecule is CC1CCCC(C)N1Nc1cccc(F)c1[N+](=O)[O-]. The molecule has 2 atom stereocenters. The van der Waals surface area contributed by atoms with Gasteiger partial charge < -0.3 is 5.43 Å². The van der Waals surface area contributed by atoms with E-state index in [9.17, 15) is 14.5 Å². The first kappa shape index (κ1) is 13.7. The Morgan fingerprint density at radius 1 is 1.37 bits per heavy atom. The van der Waals surface area contributed by atoms with Crippen molar-refractivity contribution in [3.8, 4) is 0 Å². The van der Waals surface area contributed by atoms with E-state index >= 15 is 0 Å². The van der Waals surface area contributed by atoms with Gasteiger partial charge in [0.05, 0.1) is 4.92 Å². The van der Waals surface area contributed by atoms with Gasteiger partial charge in [-0.05, 0) is 38.8 Å². The third-order valence-corrected chi connectivity index (χ3v) is 3.61. The fourth-order valence-corrected chi connectivity index (χ4v) is 2.57. The fourth-order valence-electron chi connectivity index (χ4n) is 2.57. The standard InChI is InChI=1S/C13H18FN3O2/c1-9-5-3-6-10(2)16(9)15-12-8-4-7-11(14)13(12)17(18)19/h4,7-10,15H,3,5-6H2,1-2H3. The molecule has 6 heteroatoms. The Labute approximate surface area is 111 Å². The van der Waals surface area contributed by atoms with E-state index in [1.807, 2.05) is 5.01 Å². The highest BCUT2D eigenvalue weighted by molar-refractivity contribution is 5.61. The average Bonchev–Trinajstić information content (AvgIpc) is 2.33. The number of hydrogen-bond donors (Lipinski definition) is 1. The monoisotopic (exact) mass is 267 g/mol. The molecule has 0 saturated carbocycles. The maximum atomic E-state index is 13.5. The second-order valence-electron chi connectivity index (χ2n) is 5.04. The summed E-state index contributed by atoms with van der Waals surface area (Å²) in [5, 5.41) is 12.9. The number of nitrogens with zero attached hydrogens (tertiary/aromatic N) is 2. The van der Waals surface area contributed by atoms with Crippen LogP contribution < -0.4 is 5.43 Å². The van der Waals surface area contributed by atoms with Crippen molar-refractivity contribution in [2.24, 2.45) is 0 Å². The summed E-state index contributed by atoms with van der Waals surface area (Å²) in [6.07, 6.45) is 3.20. The van der Waals surface area contributed by atoms with Crippen molar-refractivity contribution in [3.05, 3.63) is 34.1 Å². The van der Waals surface area contributed by atoms with Crippen LogP contribution in [0.5, 0.6) is 0 Å². The van der Waals surface area contributed by atoms with Gasteiger partial charge in [-0.3, -0.25) is 10.1 Å². The Hall–Kier alpha value is -1.69. The van der Waals surface area contributed by atoms with Gasteiger partial charge in [-0.25, -0.2) is 5.01 Å². The van der Waals surface area contributed by atoms with Crippen LogP contribution in [0.25, 0.3) is 0 Å². The highest BCUT2D eigenvalue weighted by atomic mass is 19.1. The van der Waals surface area contributed by atoms with E-state index in [0.717, 1.165) is 25.3 Å². The summed E-state index contributed by atoms with van der Waals surface area (Å²) in [6.45, 7) is 4.13. The number of rotatable bonds is 3. The Balaban J connectivity index is 2.27. The molecule has 1 aliphatic rings. The van der Waals surface area contributed by atoms with Crippen LogP contribution in [0.4, 0.5) is 15.8 Å². The molecule has 1 fully saturated rings. The third kappa shape index (κ3) is 2.84. The number of hydrogen-bond acceptors (Lipinski definition) is 4. The molecule has 0 amide bonds. The number of halogens is 1. The number of anilines is 1. The van der Waals surface area contributed by atoms with Gasteiger partial charge >= 0.3 is 5.69 Å². The summed E-state index contributed by atoms with van der Waals surface area (Å²) >= 11 is 0. The summed E-state index contributed by atoms with van der Waals surface area (Å²) in [5.41, 5.74) is 2.74. The molecule has 1 aromatic rings. The number of benzene rings is 1. The second-order valence-corrected chi connectivity index (χ2v) is 5.04. The van der Waals surface area contributed by atoms with E-state index in [4.69, 9.17) is 0 Å². The van der Waals surface area contributed by atoms with Crippen molar-refractivity contribution in [2.45, 2.75) is 45.2 Å². The predicted octanol–water partition coefficient (Wildman–Crippen LogP) is 3.32. The lowest BCUT2D eigenvalue weighted by atomic mass is 10.00. The number of nitro benzene ring substituents is 1. The molecule has 1 aliphatic heterocycles. The van der Waals surface area contributed by atoms with Crippen LogP contribution in [-0.4, -0.2) is 22.0 Å². The van der Waals surface area contributed by atoms with E-state index in [2.05, 4.69) is 19.3 Å². The molecule has 1 saturated heterocycles. The van der Waals surface area contributed by atoms with Crippen molar-refractivity contribution >= 4 is 11.4 Å². The van der Waals surface area contributed by atoms with Crippen LogP contribution in [0.1, 0.15) is 33.1 Å². The summed E-state index contributed by atoms with van der Waals surface area (Å²) in [7, 11) is 0. The molecule has 1 N–H and O–H groups in total. The molecular weight excluding hydrogens is 249 g/mol. The first-order valence-electron chi connectivity index (χ1n) is 6.48. The zero-order valence-electron chi connectivity index (χ0n) is 11.1. The number of nitro groups is 1. The number of para-hydroxylation sites is 1. The highest BCUT2D eigenvalue weighted by Gasteiger charge is 2.28. The zero-order chi connectivity index (χ0) is 14.0. The van der Waals surface area contributed by atoms with Crippen LogP contribution in [0.3, 0.4) is 0 Å². The summed E-state index contributed by atoms with van der Waals surface area (Å²) in [5.74, 6) is -0.813. The molecule has 5 nitrogen and oxygen atoms in total. The Morgan fingerprint density at radius 3 is 2.58 bits per heavy atom. The lowest BCUT2D eigenvalue weighted by Crippen LogP contribution is -2.47. The second kappa shape index (κ2) is 5.52. The van der Waals surface area contributed by atoms with Crippen LogP contribution in [0.15, 0.2) is 18.2 Å². The Morgan fingerprint density at radius 2 is 2.00 bits per heavy atom. The molecule has 0 radical (unpaired) electrons. The third-order valence-electron chi connectivity index (χ3n) is 3.61. The minimum absolute atomic E-state index is 0.214. The fraction of sp³-hybridized carbons (Fsp3) is 0.538. The van der Waals surface area contributed by atoms with E-state index in [-0.39, 0.29) is 17.8 Å². The lowest BCUT2D eigenvalue weighted by Gasteiger charge is -2.39. The van der Waals surface area contributed by atoms with E-state index in [1.54, 1.807) is 0 Å². The number of piperidine rings is 1. The molecule has 104 valence electrons. The molecule has 2 unspecified atom stereocenters. The smallest absolute Gasteiger partial charge is 0.312 e. The zero-order valence-corrected chi connectivity index (χ0v) is 11.1. The summed E-state index contributed by atoms with van der Waals surface area (Å²) in [4.78, 5) is 10.3. The van der Waals surface area contributed by atoms with Gasteiger partial charge in [0.15, 0.2) is 0 Å². The molecule has 0 spiro atoms. The highest BCUT2D eigenvalue weighted by Crippen LogP contribution is 2.30. The lowest BCUT2D eigenvalue weighted by molar-refractivity contribution is -0.386. The van der Waals surface area contributed by atoms with Gasteiger partial charge in [0.25, 0.3) is 0 Å². The molecule has 2 rings (SSSR count). The molecule has 1 heterocycles.